The van der Waals surface area contributed by atoms with Gasteiger partial charge in [0.15, 0.2) is 0 Å². The lowest BCUT2D eigenvalue weighted by atomic mass is 9.80. The van der Waals surface area contributed by atoms with Gasteiger partial charge < -0.3 is 9.47 Å². The van der Waals surface area contributed by atoms with E-state index in [0.29, 0.717) is 11.1 Å². The molecule has 1 unspecified atom stereocenters. The highest BCUT2D eigenvalue weighted by molar-refractivity contribution is 7.98. The van der Waals surface area contributed by atoms with Gasteiger partial charge in [-0.05, 0) is 114 Å². The lowest BCUT2D eigenvalue weighted by Crippen LogP contribution is -2.37. The van der Waals surface area contributed by atoms with Gasteiger partial charge in [0.1, 0.15) is 11.7 Å². The molecule has 1 atom stereocenters. The van der Waals surface area contributed by atoms with Crippen LogP contribution in [-0.4, -0.2) is 40.7 Å². The first kappa shape index (κ1) is 35.6. The highest BCUT2D eigenvalue weighted by Gasteiger charge is 2.29. The lowest BCUT2D eigenvalue weighted by Gasteiger charge is -2.35. The number of aliphatic imine (C=N–C) groups is 1. The van der Waals surface area contributed by atoms with Crippen LogP contribution in [0.2, 0.25) is 0 Å². The quantitative estimate of drug-likeness (QED) is 0.140. The third kappa shape index (κ3) is 11.6. The summed E-state index contributed by atoms with van der Waals surface area (Å²) in [5.74, 6) is 0.475. The third-order valence-corrected chi connectivity index (χ3v) is 8.51. The van der Waals surface area contributed by atoms with E-state index in [1.165, 1.54) is 74.2 Å². The van der Waals surface area contributed by atoms with Crippen molar-refractivity contribution in [3.05, 3.63) is 90.5 Å². The van der Waals surface area contributed by atoms with Crippen LogP contribution in [0.5, 0.6) is 0 Å². The van der Waals surface area contributed by atoms with Crippen molar-refractivity contribution < 1.29 is 4.39 Å². The van der Waals surface area contributed by atoms with Gasteiger partial charge in [0, 0.05) is 34.8 Å². The van der Waals surface area contributed by atoms with E-state index in [2.05, 4.69) is 81.6 Å². The molecule has 2 aromatic carbocycles. The molecule has 0 radical (unpaired) electrons. The number of hydrogen-bond acceptors (Lipinski definition) is 3. The monoisotopic (exact) mass is 591 g/mol. The summed E-state index contributed by atoms with van der Waals surface area (Å²) in [5.41, 5.74) is 3.41. The third-order valence-electron chi connectivity index (χ3n) is 7.76. The minimum absolute atomic E-state index is 0.252. The second-order valence-electron chi connectivity index (χ2n) is 11.9. The van der Waals surface area contributed by atoms with E-state index in [1.807, 2.05) is 42.8 Å². The molecule has 0 N–H and O–H groups in total. The molecular formula is C37H54FN3S. The van der Waals surface area contributed by atoms with E-state index >= 15 is 0 Å². The Morgan fingerprint density at radius 3 is 2.31 bits per heavy atom. The Balaban J connectivity index is 0.000000232. The van der Waals surface area contributed by atoms with Gasteiger partial charge in [-0.1, -0.05) is 64.0 Å². The van der Waals surface area contributed by atoms with Gasteiger partial charge in [0.2, 0.25) is 0 Å². The second-order valence-corrected chi connectivity index (χ2v) is 12.8. The zero-order valence-electron chi connectivity index (χ0n) is 27.4. The van der Waals surface area contributed by atoms with Crippen LogP contribution < -0.4 is 0 Å². The summed E-state index contributed by atoms with van der Waals surface area (Å²) in [7, 11) is 0. The summed E-state index contributed by atoms with van der Waals surface area (Å²) < 4.78 is 15.2. The largest absolute Gasteiger partial charge is 0.301 e. The molecule has 3 aromatic rings. The molecule has 4 rings (SSSR count). The Bertz CT molecular complexity index is 1280. The first-order valence-corrected chi connectivity index (χ1v) is 16.8. The molecule has 1 aliphatic heterocycles. The normalized spacial score (nSPS) is 15.8. The van der Waals surface area contributed by atoms with Crippen LogP contribution in [0.4, 0.5) is 4.39 Å². The molecule has 0 spiro atoms. The zero-order chi connectivity index (χ0) is 31.1. The molecule has 3 nitrogen and oxygen atoms in total. The van der Waals surface area contributed by atoms with Gasteiger partial charge in [0.05, 0.1) is 5.52 Å². The minimum atomic E-state index is -0.252. The topological polar surface area (TPSA) is 20.5 Å². The number of benzene rings is 2. The molecule has 1 aliphatic rings. The van der Waals surface area contributed by atoms with Crippen molar-refractivity contribution in [1.82, 2.24) is 9.47 Å². The Hall–Kier alpha value is -2.63. The fraction of sp³-hybridized carbons (Fsp3) is 0.486. The molecule has 1 aromatic heterocycles. The molecule has 2 heterocycles. The predicted octanol–water partition coefficient (Wildman–Crippen LogP) is 10.9. The van der Waals surface area contributed by atoms with Gasteiger partial charge >= 0.3 is 0 Å². The SMILES string of the molecule is C=C(C)N=C(/C=C\C)n1ccc2ccc(F)cc21.CCCC(C)(CCC)CN1CCCC1C.CSc1ccc(C)cc1. The molecule has 42 heavy (non-hydrogen) atoms. The molecule has 0 amide bonds. The maximum atomic E-state index is 13.3. The number of aromatic nitrogens is 1. The van der Waals surface area contributed by atoms with Crippen LogP contribution in [0.15, 0.2) is 89.0 Å². The smallest absolute Gasteiger partial charge is 0.136 e. The van der Waals surface area contributed by atoms with E-state index in [9.17, 15) is 4.39 Å². The standard InChI is InChI=1S/C15H15FN2.C14H29N.C8H10S/c1-4-5-15(17-11(2)3)18-9-8-12-6-7-13(16)10-14(12)18;1-5-9-14(4,10-6-2)12-15-11-7-8-13(15)3;1-7-3-5-8(9-2)6-4-7/h4-10H,2H2,1,3H3;13H,5-12H2,1-4H3;3-6H,1-2H3/b5-4-,17-15?;;. The number of hydrogen-bond donors (Lipinski definition) is 0. The van der Waals surface area contributed by atoms with Crippen LogP contribution in [-0.2, 0) is 0 Å². The molecule has 0 aliphatic carbocycles. The van der Waals surface area contributed by atoms with Crippen molar-refractivity contribution in [1.29, 1.82) is 0 Å². The van der Waals surface area contributed by atoms with E-state index in [-0.39, 0.29) is 5.82 Å². The lowest BCUT2D eigenvalue weighted by molar-refractivity contribution is 0.137. The number of nitrogens with zero attached hydrogens (tertiary/aromatic N) is 3. The number of halogens is 1. The summed E-state index contributed by atoms with van der Waals surface area (Å²) >= 11 is 1.78. The van der Waals surface area contributed by atoms with Gasteiger partial charge in [0.25, 0.3) is 0 Å². The number of allylic oxidation sites excluding steroid dienone is 3. The number of fused-ring (bicyclic) bond motifs is 1. The summed E-state index contributed by atoms with van der Waals surface area (Å²) in [4.78, 5) is 8.41. The number of thioether (sulfide) groups is 1. The molecule has 1 fully saturated rings. The molecule has 5 heteroatoms. The van der Waals surface area contributed by atoms with Gasteiger partial charge in [-0.25, -0.2) is 9.38 Å². The summed E-state index contributed by atoms with van der Waals surface area (Å²) in [6, 6.07) is 16.0. The molecular weight excluding hydrogens is 537 g/mol. The molecule has 1 saturated heterocycles. The van der Waals surface area contributed by atoms with E-state index < -0.39 is 0 Å². The van der Waals surface area contributed by atoms with Crippen LogP contribution in [0, 0.1) is 18.2 Å². The van der Waals surface area contributed by atoms with E-state index in [4.69, 9.17) is 0 Å². The minimum Gasteiger partial charge on any atom is -0.301 e. The van der Waals surface area contributed by atoms with Gasteiger partial charge in [-0.3, -0.25) is 0 Å². The van der Waals surface area contributed by atoms with Gasteiger partial charge in [-0.2, -0.15) is 0 Å². The first-order valence-electron chi connectivity index (χ1n) is 15.5. The zero-order valence-corrected chi connectivity index (χ0v) is 28.2. The molecule has 230 valence electrons. The van der Waals surface area contributed by atoms with E-state index in [1.54, 1.807) is 17.8 Å². The average molecular weight is 592 g/mol. The average Bonchev–Trinajstić information content (AvgIpc) is 3.55. The van der Waals surface area contributed by atoms with Crippen LogP contribution >= 0.6 is 11.8 Å². The van der Waals surface area contributed by atoms with Crippen molar-refractivity contribution >= 4 is 28.5 Å². The first-order chi connectivity index (χ1) is 20.0. The number of likely N-dealkylation sites (tertiary alicyclic amines) is 1. The van der Waals surface area contributed by atoms with Crippen molar-refractivity contribution in [2.45, 2.75) is 97.9 Å². The van der Waals surface area contributed by atoms with E-state index in [0.717, 1.165) is 22.8 Å². The molecule has 0 bridgehead atoms. The van der Waals surface area contributed by atoms with Crippen LogP contribution in [0.25, 0.3) is 10.9 Å². The highest BCUT2D eigenvalue weighted by Crippen LogP contribution is 2.32. The maximum Gasteiger partial charge on any atom is 0.136 e. The van der Waals surface area contributed by atoms with Crippen LogP contribution in [0.1, 0.15) is 85.6 Å². The Morgan fingerprint density at radius 1 is 1.12 bits per heavy atom. The van der Waals surface area contributed by atoms with Gasteiger partial charge in [-0.15, -0.1) is 11.8 Å². The summed E-state index contributed by atoms with van der Waals surface area (Å²) in [6.07, 6.45) is 16.0. The maximum absolute atomic E-state index is 13.3. The molecule has 0 saturated carbocycles. The highest BCUT2D eigenvalue weighted by atomic mass is 32.2. The van der Waals surface area contributed by atoms with Crippen molar-refractivity contribution in [3.8, 4) is 0 Å². The summed E-state index contributed by atoms with van der Waals surface area (Å²) in [6.45, 7) is 21.8. The fourth-order valence-corrected chi connectivity index (χ4v) is 6.11. The van der Waals surface area contributed by atoms with Crippen LogP contribution in [0.3, 0.4) is 0 Å². The Morgan fingerprint density at radius 2 is 1.79 bits per heavy atom. The summed E-state index contributed by atoms with van der Waals surface area (Å²) in [5, 5.41) is 0.982. The van der Waals surface area contributed by atoms with Crippen molar-refractivity contribution in [2.75, 3.05) is 19.3 Å². The number of aryl methyl sites for hydroxylation is 1. The Labute approximate surface area is 260 Å². The fourth-order valence-electron chi connectivity index (χ4n) is 5.70. The Kier molecular flexibility index (Phi) is 15.3. The van der Waals surface area contributed by atoms with Crippen molar-refractivity contribution in [2.24, 2.45) is 10.4 Å². The second kappa shape index (κ2) is 18.1. The predicted molar refractivity (Wildman–Crippen MR) is 186 cm³/mol. The van der Waals surface area contributed by atoms with Crippen molar-refractivity contribution in [3.63, 3.8) is 0 Å². The number of rotatable bonds is 9.